The minimum absolute atomic E-state index is 0.750. The molecule has 4 heteroatoms. The maximum absolute atomic E-state index is 7.12. The molecule has 0 saturated carbocycles. The average molecular weight is 156 g/mol. The molecule has 0 aromatic carbocycles. The van der Waals surface area contributed by atoms with Gasteiger partial charge in [-0.3, -0.25) is 0 Å². The quantitative estimate of drug-likeness (QED) is 0.547. The van der Waals surface area contributed by atoms with E-state index >= 15 is 0 Å². The molecule has 52 valence electrons. The van der Waals surface area contributed by atoms with E-state index < -0.39 is 7.69 Å². The molecular weight excluding hydrogens is 150 g/mol. The Hall–Kier alpha value is -0.505. The van der Waals surface area contributed by atoms with E-state index in [0.717, 1.165) is 5.02 Å². The molecule has 2 aliphatic carbocycles. The molecule has 0 unspecified atom stereocenters. The summed E-state index contributed by atoms with van der Waals surface area (Å²) in [4.78, 5) is 0. The molecular formula is C6H6BClO2. The van der Waals surface area contributed by atoms with Crippen LogP contribution in [0.1, 0.15) is 0 Å². The smallest absolute Gasteiger partial charge is 0.430 e. The van der Waals surface area contributed by atoms with Crippen molar-refractivity contribution >= 4 is 19.3 Å². The highest BCUT2D eigenvalue weighted by Crippen LogP contribution is 2.37. The lowest BCUT2D eigenvalue weighted by atomic mass is 10.5. The summed E-state index contributed by atoms with van der Waals surface area (Å²) in [5.41, 5.74) is 2.62. The SMILES string of the molecule is Clc1cc2cc-2c1.OBO. The molecule has 0 heterocycles. The van der Waals surface area contributed by atoms with Gasteiger partial charge in [0.05, 0.1) is 0 Å². The van der Waals surface area contributed by atoms with Crippen LogP contribution in [0.5, 0.6) is 0 Å². The fourth-order valence-corrected chi connectivity index (χ4v) is 0.955. The van der Waals surface area contributed by atoms with Gasteiger partial charge in [-0.2, -0.15) is 0 Å². The first kappa shape index (κ1) is 7.60. The van der Waals surface area contributed by atoms with Gasteiger partial charge >= 0.3 is 7.69 Å². The summed E-state index contributed by atoms with van der Waals surface area (Å²) in [6.45, 7) is 0. The van der Waals surface area contributed by atoms with Crippen LogP contribution in [0.2, 0.25) is 5.02 Å². The number of halogens is 1. The van der Waals surface area contributed by atoms with Gasteiger partial charge in [-0.15, -0.1) is 0 Å². The van der Waals surface area contributed by atoms with E-state index in [0.29, 0.717) is 0 Å². The van der Waals surface area contributed by atoms with Crippen LogP contribution in [0.15, 0.2) is 18.2 Å². The maximum atomic E-state index is 7.12. The van der Waals surface area contributed by atoms with Gasteiger partial charge in [-0.05, 0) is 29.3 Å². The molecule has 2 nitrogen and oxygen atoms in total. The van der Waals surface area contributed by atoms with Crippen molar-refractivity contribution < 1.29 is 10.0 Å². The number of benzene rings is 1. The highest BCUT2D eigenvalue weighted by atomic mass is 35.5. The number of hydrogen-bond acceptors (Lipinski definition) is 2. The minimum atomic E-state index is -0.750. The first-order valence-corrected chi connectivity index (χ1v) is 3.18. The topological polar surface area (TPSA) is 40.5 Å². The Bertz CT molecular complexity index is 219. The molecule has 2 rings (SSSR count). The van der Waals surface area contributed by atoms with Gasteiger partial charge in [0.2, 0.25) is 0 Å². The van der Waals surface area contributed by atoms with Crippen molar-refractivity contribution in [1.82, 2.24) is 0 Å². The van der Waals surface area contributed by atoms with E-state index in [1.54, 1.807) is 0 Å². The lowest BCUT2D eigenvalue weighted by Crippen LogP contribution is -1.75. The van der Waals surface area contributed by atoms with Crippen molar-refractivity contribution in [1.29, 1.82) is 0 Å². The first-order valence-electron chi connectivity index (χ1n) is 2.80. The zero-order valence-corrected chi connectivity index (χ0v) is 5.97. The summed E-state index contributed by atoms with van der Waals surface area (Å²) in [5.74, 6) is 0. The van der Waals surface area contributed by atoms with Gasteiger partial charge in [-0.1, -0.05) is 11.6 Å². The molecule has 0 bridgehead atoms. The highest BCUT2D eigenvalue weighted by Gasteiger charge is 2.11. The highest BCUT2D eigenvalue weighted by molar-refractivity contribution is 6.32. The van der Waals surface area contributed by atoms with Gasteiger partial charge in [0, 0.05) is 5.02 Å². The Morgan fingerprint density at radius 1 is 1.10 bits per heavy atom. The van der Waals surface area contributed by atoms with Crippen LogP contribution >= 0.6 is 11.6 Å². The third-order valence-electron chi connectivity index (χ3n) is 1.15. The predicted octanol–water partition coefficient (Wildman–Crippen LogP) is 0.558. The van der Waals surface area contributed by atoms with Gasteiger partial charge in [-0.25, -0.2) is 0 Å². The molecule has 0 spiro atoms. The van der Waals surface area contributed by atoms with Crippen molar-refractivity contribution in [3.8, 4) is 11.1 Å². The number of hydrogen-bond donors (Lipinski definition) is 2. The monoisotopic (exact) mass is 156 g/mol. The van der Waals surface area contributed by atoms with Crippen LogP contribution in [0.4, 0.5) is 0 Å². The second-order valence-corrected chi connectivity index (χ2v) is 2.31. The van der Waals surface area contributed by atoms with Crippen LogP contribution in [0, 0.1) is 0 Å². The Morgan fingerprint density at radius 2 is 1.50 bits per heavy atom. The van der Waals surface area contributed by atoms with Crippen molar-refractivity contribution in [3.63, 3.8) is 0 Å². The van der Waals surface area contributed by atoms with Gasteiger partial charge in [0.25, 0.3) is 0 Å². The molecule has 2 aliphatic rings. The second-order valence-electron chi connectivity index (χ2n) is 1.87. The van der Waals surface area contributed by atoms with Gasteiger partial charge in [0.15, 0.2) is 0 Å². The molecule has 0 aromatic heterocycles. The third-order valence-corrected chi connectivity index (χ3v) is 1.37. The molecule has 10 heavy (non-hydrogen) atoms. The lowest BCUT2D eigenvalue weighted by molar-refractivity contribution is 0.448. The van der Waals surface area contributed by atoms with Crippen LogP contribution in [-0.4, -0.2) is 17.7 Å². The van der Waals surface area contributed by atoms with E-state index in [9.17, 15) is 0 Å². The molecule has 2 N–H and O–H groups in total. The van der Waals surface area contributed by atoms with Crippen molar-refractivity contribution in [2.75, 3.05) is 0 Å². The van der Waals surface area contributed by atoms with E-state index in [-0.39, 0.29) is 0 Å². The Morgan fingerprint density at radius 3 is 1.70 bits per heavy atom. The van der Waals surface area contributed by atoms with Gasteiger partial charge < -0.3 is 10.0 Å². The second kappa shape index (κ2) is 3.06. The minimum Gasteiger partial charge on any atom is -0.430 e. The van der Waals surface area contributed by atoms with E-state index in [4.69, 9.17) is 21.6 Å². The van der Waals surface area contributed by atoms with Crippen LogP contribution in [-0.2, 0) is 0 Å². The summed E-state index contributed by atoms with van der Waals surface area (Å²) in [5, 5.41) is 15.1. The number of fused-ring (bicyclic) bond motifs is 1. The van der Waals surface area contributed by atoms with Crippen LogP contribution in [0.3, 0.4) is 0 Å². The molecule has 0 radical (unpaired) electrons. The average Bonchev–Trinajstić information content (AvgIpc) is 2.42. The predicted molar refractivity (Wildman–Crippen MR) is 42.0 cm³/mol. The standard InChI is InChI=1S/C6H3Cl.BH3O2/c7-6-2-4-1-5(4)3-6;2-1-3/h1-3H;1-3H. The normalized spacial score (nSPS) is 9.50. The molecule has 0 fully saturated rings. The van der Waals surface area contributed by atoms with Crippen LogP contribution in [0.25, 0.3) is 11.1 Å². The number of rotatable bonds is 0. The Balaban J connectivity index is 0.000000148. The fourth-order valence-electron chi connectivity index (χ4n) is 0.720. The lowest BCUT2D eigenvalue weighted by Gasteiger charge is -1.66. The van der Waals surface area contributed by atoms with E-state index in [2.05, 4.69) is 6.07 Å². The molecule has 0 aliphatic heterocycles. The largest absolute Gasteiger partial charge is 0.432 e. The van der Waals surface area contributed by atoms with E-state index in [1.807, 2.05) is 12.1 Å². The summed E-state index contributed by atoms with van der Waals surface area (Å²) in [6.07, 6.45) is 0. The van der Waals surface area contributed by atoms with Gasteiger partial charge in [0.1, 0.15) is 0 Å². The summed E-state index contributed by atoms with van der Waals surface area (Å²) in [6, 6.07) is 6.04. The maximum Gasteiger partial charge on any atom is 0.432 e. The fraction of sp³-hybridized carbons (Fsp3) is 0. The molecule has 0 saturated heterocycles. The third kappa shape index (κ3) is 1.74. The first-order chi connectivity index (χ1) is 4.77. The Kier molecular flexibility index (Phi) is 2.32. The van der Waals surface area contributed by atoms with Crippen molar-refractivity contribution in [2.45, 2.75) is 0 Å². The zero-order valence-electron chi connectivity index (χ0n) is 5.21. The van der Waals surface area contributed by atoms with Crippen molar-refractivity contribution in [2.24, 2.45) is 0 Å². The van der Waals surface area contributed by atoms with Crippen molar-refractivity contribution in [3.05, 3.63) is 23.2 Å². The summed E-state index contributed by atoms with van der Waals surface area (Å²) >= 11 is 5.58. The molecule has 0 atom stereocenters. The van der Waals surface area contributed by atoms with Crippen LogP contribution < -0.4 is 0 Å². The Labute approximate surface area is 64.4 Å². The summed E-state index contributed by atoms with van der Waals surface area (Å²) < 4.78 is 0. The van der Waals surface area contributed by atoms with E-state index in [1.165, 1.54) is 11.1 Å². The summed E-state index contributed by atoms with van der Waals surface area (Å²) in [7, 11) is -0.750. The zero-order chi connectivity index (χ0) is 7.56. The molecule has 0 aromatic rings. The molecule has 0 amide bonds.